The summed E-state index contributed by atoms with van der Waals surface area (Å²) in [5.41, 5.74) is 0. The van der Waals surface area contributed by atoms with Crippen LogP contribution in [0.3, 0.4) is 0 Å². The van der Waals surface area contributed by atoms with E-state index in [0.717, 1.165) is 43.0 Å². The SMILES string of the molecule is CCNC1CCC(CC)CC1CN(C)Cc1ccc(C)o1. The quantitative estimate of drug-likeness (QED) is 0.828. The Morgan fingerprint density at radius 3 is 2.71 bits per heavy atom. The Balaban J connectivity index is 1.89. The van der Waals surface area contributed by atoms with Gasteiger partial charge in [0.25, 0.3) is 0 Å². The topological polar surface area (TPSA) is 28.4 Å². The Morgan fingerprint density at radius 1 is 1.29 bits per heavy atom. The van der Waals surface area contributed by atoms with Gasteiger partial charge in [0.1, 0.15) is 11.5 Å². The van der Waals surface area contributed by atoms with E-state index in [-0.39, 0.29) is 0 Å². The summed E-state index contributed by atoms with van der Waals surface area (Å²) in [6.45, 7) is 9.73. The summed E-state index contributed by atoms with van der Waals surface area (Å²) < 4.78 is 5.70. The first-order valence-electron chi connectivity index (χ1n) is 8.59. The average molecular weight is 292 g/mol. The second kappa shape index (κ2) is 8.00. The number of hydrogen-bond acceptors (Lipinski definition) is 3. The van der Waals surface area contributed by atoms with E-state index in [9.17, 15) is 0 Å². The van der Waals surface area contributed by atoms with Gasteiger partial charge in [0.05, 0.1) is 6.54 Å². The number of hydrogen-bond donors (Lipinski definition) is 1. The van der Waals surface area contributed by atoms with Crippen molar-refractivity contribution < 1.29 is 4.42 Å². The molecule has 0 aromatic carbocycles. The average Bonchev–Trinajstić information content (AvgIpc) is 2.86. The van der Waals surface area contributed by atoms with Crippen molar-refractivity contribution in [2.45, 2.75) is 59.0 Å². The minimum Gasteiger partial charge on any atom is -0.465 e. The lowest BCUT2D eigenvalue weighted by molar-refractivity contribution is 0.145. The molecule has 1 aromatic heterocycles. The van der Waals surface area contributed by atoms with E-state index in [1.807, 2.05) is 6.92 Å². The van der Waals surface area contributed by atoms with Crippen LogP contribution in [0.15, 0.2) is 16.5 Å². The van der Waals surface area contributed by atoms with E-state index >= 15 is 0 Å². The molecule has 3 atom stereocenters. The monoisotopic (exact) mass is 292 g/mol. The smallest absolute Gasteiger partial charge is 0.118 e. The zero-order valence-corrected chi connectivity index (χ0v) is 14.2. The third kappa shape index (κ3) is 4.86. The van der Waals surface area contributed by atoms with E-state index in [1.165, 1.54) is 25.7 Å². The number of nitrogens with one attached hydrogen (secondary N) is 1. The summed E-state index contributed by atoms with van der Waals surface area (Å²) >= 11 is 0. The summed E-state index contributed by atoms with van der Waals surface area (Å²) in [6.07, 6.45) is 5.43. The van der Waals surface area contributed by atoms with Crippen LogP contribution >= 0.6 is 0 Å². The lowest BCUT2D eigenvalue weighted by Gasteiger charge is -2.38. The van der Waals surface area contributed by atoms with Gasteiger partial charge in [-0.3, -0.25) is 4.90 Å². The number of aryl methyl sites for hydroxylation is 1. The van der Waals surface area contributed by atoms with Crippen LogP contribution in [0, 0.1) is 18.8 Å². The lowest BCUT2D eigenvalue weighted by atomic mass is 9.76. The summed E-state index contributed by atoms with van der Waals surface area (Å²) in [5, 5.41) is 3.70. The first kappa shape index (κ1) is 16.6. The summed E-state index contributed by atoms with van der Waals surface area (Å²) in [7, 11) is 2.22. The molecule has 1 N–H and O–H groups in total. The van der Waals surface area contributed by atoms with Crippen molar-refractivity contribution in [1.82, 2.24) is 10.2 Å². The fourth-order valence-electron chi connectivity index (χ4n) is 3.77. The van der Waals surface area contributed by atoms with Gasteiger partial charge in [-0.25, -0.2) is 0 Å². The molecule has 0 saturated heterocycles. The van der Waals surface area contributed by atoms with Gasteiger partial charge in [-0.2, -0.15) is 0 Å². The highest BCUT2D eigenvalue weighted by molar-refractivity contribution is 5.05. The molecule has 0 spiro atoms. The van der Waals surface area contributed by atoms with Gasteiger partial charge in [-0.15, -0.1) is 0 Å². The summed E-state index contributed by atoms with van der Waals surface area (Å²) in [4.78, 5) is 2.42. The second-order valence-corrected chi connectivity index (χ2v) is 6.72. The molecule has 3 heteroatoms. The Kier molecular flexibility index (Phi) is 6.31. The normalized spacial score (nSPS) is 26.4. The molecule has 1 aromatic rings. The molecule has 120 valence electrons. The van der Waals surface area contributed by atoms with Crippen molar-refractivity contribution in [1.29, 1.82) is 0 Å². The predicted molar refractivity (Wildman–Crippen MR) is 88.4 cm³/mol. The molecule has 0 amide bonds. The van der Waals surface area contributed by atoms with E-state index in [4.69, 9.17) is 4.42 Å². The molecular formula is C18H32N2O. The lowest BCUT2D eigenvalue weighted by Crippen LogP contribution is -2.45. The zero-order chi connectivity index (χ0) is 15.2. The minimum absolute atomic E-state index is 0.693. The number of rotatable bonds is 7. The Hall–Kier alpha value is -0.800. The van der Waals surface area contributed by atoms with Gasteiger partial charge < -0.3 is 9.73 Å². The van der Waals surface area contributed by atoms with Crippen molar-refractivity contribution in [3.05, 3.63) is 23.7 Å². The summed E-state index contributed by atoms with van der Waals surface area (Å²) in [6, 6.07) is 4.85. The van der Waals surface area contributed by atoms with E-state index in [1.54, 1.807) is 0 Å². The Morgan fingerprint density at radius 2 is 2.10 bits per heavy atom. The van der Waals surface area contributed by atoms with Crippen molar-refractivity contribution in [3.8, 4) is 0 Å². The van der Waals surface area contributed by atoms with Gasteiger partial charge >= 0.3 is 0 Å². The third-order valence-corrected chi connectivity index (χ3v) is 4.90. The third-order valence-electron chi connectivity index (χ3n) is 4.90. The van der Waals surface area contributed by atoms with Gasteiger partial charge in [-0.1, -0.05) is 20.3 Å². The molecular weight excluding hydrogens is 260 g/mol. The van der Waals surface area contributed by atoms with Crippen LogP contribution in [0.2, 0.25) is 0 Å². The first-order chi connectivity index (χ1) is 10.1. The molecule has 21 heavy (non-hydrogen) atoms. The molecule has 0 bridgehead atoms. The van der Waals surface area contributed by atoms with Crippen LogP contribution in [0.25, 0.3) is 0 Å². The second-order valence-electron chi connectivity index (χ2n) is 6.72. The molecule has 0 radical (unpaired) electrons. The number of furan rings is 1. The van der Waals surface area contributed by atoms with Gasteiger partial charge in [0, 0.05) is 12.6 Å². The zero-order valence-electron chi connectivity index (χ0n) is 14.2. The Labute approximate surface area is 130 Å². The highest BCUT2D eigenvalue weighted by Crippen LogP contribution is 2.32. The minimum atomic E-state index is 0.693. The fraction of sp³-hybridized carbons (Fsp3) is 0.778. The summed E-state index contributed by atoms with van der Waals surface area (Å²) in [5.74, 6) is 3.78. The van der Waals surface area contributed by atoms with E-state index in [0.29, 0.717) is 6.04 Å². The molecule has 1 aliphatic rings. The maximum Gasteiger partial charge on any atom is 0.118 e. The first-order valence-corrected chi connectivity index (χ1v) is 8.59. The van der Waals surface area contributed by atoms with Gasteiger partial charge in [-0.05, 0) is 63.7 Å². The molecule has 2 rings (SSSR count). The van der Waals surface area contributed by atoms with Crippen LogP contribution < -0.4 is 5.32 Å². The maximum atomic E-state index is 5.70. The van der Waals surface area contributed by atoms with Crippen molar-refractivity contribution in [2.24, 2.45) is 11.8 Å². The van der Waals surface area contributed by atoms with Gasteiger partial charge in [0.15, 0.2) is 0 Å². The molecule has 1 heterocycles. The molecule has 1 aliphatic carbocycles. The van der Waals surface area contributed by atoms with Crippen LogP contribution in [0.5, 0.6) is 0 Å². The molecule has 3 nitrogen and oxygen atoms in total. The highest BCUT2D eigenvalue weighted by Gasteiger charge is 2.29. The highest BCUT2D eigenvalue weighted by atomic mass is 16.3. The molecule has 3 unspecified atom stereocenters. The largest absolute Gasteiger partial charge is 0.465 e. The molecule has 1 saturated carbocycles. The fourth-order valence-corrected chi connectivity index (χ4v) is 3.77. The number of nitrogens with zero attached hydrogens (tertiary/aromatic N) is 1. The Bertz CT molecular complexity index is 415. The van der Waals surface area contributed by atoms with Crippen molar-refractivity contribution >= 4 is 0 Å². The van der Waals surface area contributed by atoms with E-state index in [2.05, 4.69) is 43.2 Å². The molecule has 1 fully saturated rings. The molecule has 0 aliphatic heterocycles. The standard InChI is InChI=1S/C18H32N2O/c1-5-15-8-10-18(19-6-2)16(11-15)12-20(4)13-17-9-7-14(3)21-17/h7,9,15-16,18-19H,5-6,8,10-13H2,1-4H3. The predicted octanol–water partition coefficient (Wildman–Crippen LogP) is 3.82. The van der Waals surface area contributed by atoms with Gasteiger partial charge in [0.2, 0.25) is 0 Å². The van der Waals surface area contributed by atoms with Crippen LogP contribution in [0.1, 0.15) is 51.1 Å². The maximum absolute atomic E-state index is 5.70. The van der Waals surface area contributed by atoms with Crippen molar-refractivity contribution in [3.63, 3.8) is 0 Å². The van der Waals surface area contributed by atoms with Crippen LogP contribution in [-0.4, -0.2) is 31.1 Å². The van der Waals surface area contributed by atoms with Crippen LogP contribution in [0.4, 0.5) is 0 Å². The van der Waals surface area contributed by atoms with Crippen molar-refractivity contribution in [2.75, 3.05) is 20.1 Å². The van der Waals surface area contributed by atoms with Crippen LogP contribution in [-0.2, 0) is 6.54 Å². The van der Waals surface area contributed by atoms with E-state index < -0.39 is 0 Å².